The van der Waals surface area contributed by atoms with E-state index in [9.17, 15) is 9.00 Å². The molecule has 1 atom stereocenters. The fourth-order valence-electron chi connectivity index (χ4n) is 1.70. The van der Waals surface area contributed by atoms with Gasteiger partial charge in [-0.1, -0.05) is 0 Å². The van der Waals surface area contributed by atoms with Gasteiger partial charge in [0.1, 0.15) is 5.58 Å². The highest BCUT2D eigenvalue weighted by Gasteiger charge is 2.19. The Bertz CT molecular complexity index is 629. The van der Waals surface area contributed by atoms with Crippen LogP contribution in [0.2, 0.25) is 0 Å². The number of benzene rings is 1. The maximum atomic E-state index is 11.6. The Morgan fingerprint density at radius 1 is 1.50 bits per heavy atom. The van der Waals surface area contributed by atoms with Crippen LogP contribution < -0.4 is 0 Å². The van der Waals surface area contributed by atoms with Crippen LogP contribution in [0.3, 0.4) is 0 Å². The highest BCUT2D eigenvalue weighted by atomic mass is 32.2. The van der Waals surface area contributed by atoms with E-state index in [1.54, 1.807) is 19.9 Å². The summed E-state index contributed by atoms with van der Waals surface area (Å²) in [6, 6.07) is 4.58. The summed E-state index contributed by atoms with van der Waals surface area (Å²) in [7, 11) is 0. The fraction of sp³-hybridized carbons (Fsp3) is 0.250. The third kappa shape index (κ3) is 2.16. The molecule has 0 saturated carbocycles. The lowest BCUT2D eigenvalue weighted by molar-refractivity contribution is 0.0491. The van der Waals surface area contributed by atoms with Gasteiger partial charge >= 0.3 is 5.97 Å². The van der Waals surface area contributed by atoms with Crippen LogP contribution in [0.4, 0.5) is 0 Å². The molecule has 0 aliphatic carbocycles. The summed E-state index contributed by atoms with van der Waals surface area (Å²) in [5, 5.41) is 0.637. The first-order valence-electron chi connectivity index (χ1n) is 5.35. The van der Waals surface area contributed by atoms with Gasteiger partial charge in [0.05, 0.1) is 11.5 Å². The second-order valence-electron chi connectivity index (χ2n) is 3.68. The molecule has 0 spiro atoms. The van der Waals surface area contributed by atoms with E-state index >= 15 is 0 Å². The van der Waals surface area contributed by atoms with Crippen LogP contribution in [0.15, 0.2) is 27.5 Å². The van der Waals surface area contributed by atoms with Crippen molar-refractivity contribution in [2.75, 3.05) is 6.61 Å². The van der Waals surface area contributed by atoms with Crippen molar-refractivity contribution in [2.24, 2.45) is 0 Å². The third-order valence-corrected chi connectivity index (χ3v) is 3.23. The van der Waals surface area contributed by atoms with Crippen molar-refractivity contribution < 1.29 is 22.7 Å². The second kappa shape index (κ2) is 4.91. The van der Waals surface area contributed by atoms with E-state index in [1.807, 2.05) is 0 Å². The summed E-state index contributed by atoms with van der Waals surface area (Å²) in [4.78, 5) is 11.9. The third-order valence-electron chi connectivity index (χ3n) is 2.57. The molecule has 0 amide bonds. The van der Waals surface area contributed by atoms with Crippen molar-refractivity contribution in [3.05, 3.63) is 29.5 Å². The van der Waals surface area contributed by atoms with E-state index in [0.717, 1.165) is 0 Å². The Labute approximate surface area is 106 Å². The maximum Gasteiger partial charge on any atom is 0.374 e. The van der Waals surface area contributed by atoms with Gasteiger partial charge in [-0.25, -0.2) is 9.00 Å². The van der Waals surface area contributed by atoms with Crippen LogP contribution in [0.1, 0.15) is 23.0 Å². The number of fused-ring (bicyclic) bond motifs is 1. The number of hydrogen-bond acceptors (Lipinski definition) is 4. The van der Waals surface area contributed by atoms with Crippen molar-refractivity contribution in [1.29, 1.82) is 0 Å². The van der Waals surface area contributed by atoms with Crippen LogP contribution in [-0.4, -0.2) is 21.3 Å². The first-order valence-corrected chi connectivity index (χ1v) is 6.46. The molecule has 1 N–H and O–H groups in total. The molecule has 6 heteroatoms. The Kier molecular flexibility index (Phi) is 3.49. The number of carbonyl (C=O) groups excluding carboxylic acids is 1. The van der Waals surface area contributed by atoms with Crippen LogP contribution >= 0.6 is 0 Å². The minimum Gasteiger partial charge on any atom is -0.460 e. The molecule has 0 aliphatic heterocycles. The number of hydrogen-bond donors (Lipinski definition) is 1. The van der Waals surface area contributed by atoms with Gasteiger partial charge in [0.25, 0.3) is 0 Å². The Morgan fingerprint density at radius 3 is 2.83 bits per heavy atom. The second-order valence-corrected chi connectivity index (χ2v) is 4.65. The highest BCUT2D eigenvalue weighted by Crippen LogP contribution is 2.27. The lowest BCUT2D eigenvalue weighted by atomic mass is 10.1. The quantitative estimate of drug-likeness (QED) is 0.683. The normalized spacial score (nSPS) is 12.6. The van der Waals surface area contributed by atoms with Gasteiger partial charge in [-0.3, -0.25) is 0 Å². The van der Waals surface area contributed by atoms with Crippen LogP contribution in [0.5, 0.6) is 0 Å². The molecular formula is C12H12O5S. The van der Waals surface area contributed by atoms with Gasteiger partial charge in [-0.05, 0) is 32.0 Å². The lowest BCUT2D eigenvalue weighted by Gasteiger charge is -1.98. The molecular weight excluding hydrogens is 256 g/mol. The van der Waals surface area contributed by atoms with E-state index in [1.165, 1.54) is 12.1 Å². The van der Waals surface area contributed by atoms with Crippen LogP contribution in [0, 0.1) is 6.92 Å². The van der Waals surface area contributed by atoms with Crippen molar-refractivity contribution in [3.8, 4) is 0 Å². The minimum absolute atomic E-state index is 0.132. The Hall–Kier alpha value is -1.66. The van der Waals surface area contributed by atoms with Gasteiger partial charge in [0.2, 0.25) is 5.76 Å². The summed E-state index contributed by atoms with van der Waals surface area (Å²) >= 11 is -2.06. The summed E-state index contributed by atoms with van der Waals surface area (Å²) in [5.41, 5.74) is 1.10. The van der Waals surface area contributed by atoms with Crippen molar-refractivity contribution in [1.82, 2.24) is 0 Å². The van der Waals surface area contributed by atoms with E-state index in [-0.39, 0.29) is 17.3 Å². The number of furan rings is 1. The van der Waals surface area contributed by atoms with E-state index in [2.05, 4.69) is 0 Å². The zero-order valence-electron chi connectivity index (χ0n) is 9.93. The van der Waals surface area contributed by atoms with Gasteiger partial charge in [-0.2, -0.15) is 0 Å². The largest absolute Gasteiger partial charge is 0.460 e. The smallest absolute Gasteiger partial charge is 0.374 e. The summed E-state index contributed by atoms with van der Waals surface area (Å²) in [6.07, 6.45) is 0. The molecule has 1 unspecified atom stereocenters. The minimum atomic E-state index is -2.06. The lowest BCUT2D eigenvalue weighted by Crippen LogP contribution is -2.04. The molecule has 1 aromatic heterocycles. The molecule has 1 aromatic carbocycles. The molecule has 96 valence electrons. The SMILES string of the molecule is CCOC(=O)c1oc2ccc(S(=O)O)cc2c1C. The number of rotatable bonds is 3. The Balaban J connectivity index is 2.56. The predicted octanol–water partition coefficient (Wildman–Crippen LogP) is 2.50. The molecule has 0 aliphatic rings. The average Bonchev–Trinajstić information content (AvgIpc) is 2.67. The van der Waals surface area contributed by atoms with Crippen molar-refractivity contribution in [3.63, 3.8) is 0 Å². The standard InChI is InChI=1S/C12H12O5S/c1-3-16-12(13)11-7(2)9-6-8(18(14)15)4-5-10(9)17-11/h4-6H,3H2,1-2H3,(H,14,15). The number of carbonyl (C=O) groups is 1. The van der Waals surface area contributed by atoms with E-state index < -0.39 is 17.0 Å². The molecule has 2 rings (SSSR count). The average molecular weight is 268 g/mol. The van der Waals surface area contributed by atoms with Crippen LogP contribution in [-0.2, 0) is 15.8 Å². The molecule has 5 nitrogen and oxygen atoms in total. The molecule has 0 bridgehead atoms. The van der Waals surface area contributed by atoms with Gasteiger partial charge in [-0.15, -0.1) is 0 Å². The first kappa shape index (κ1) is 12.8. The van der Waals surface area contributed by atoms with E-state index in [0.29, 0.717) is 16.5 Å². The number of ether oxygens (including phenoxy) is 1. The molecule has 1 heterocycles. The van der Waals surface area contributed by atoms with Crippen molar-refractivity contribution >= 4 is 28.0 Å². The first-order chi connectivity index (χ1) is 8.54. The van der Waals surface area contributed by atoms with Crippen molar-refractivity contribution in [2.45, 2.75) is 18.7 Å². The van der Waals surface area contributed by atoms with Crippen LogP contribution in [0.25, 0.3) is 11.0 Å². The molecule has 18 heavy (non-hydrogen) atoms. The Morgan fingerprint density at radius 2 is 2.22 bits per heavy atom. The molecule has 0 radical (unpaired) electrons. The monoisotopic (exact) mass is 268 g/mol. The van der Waals surface area contributed by atoms with Gasteiger partial charge < -0.3 is 13.7 Å². The number of aryl methyl sites for hydroxylation is 1. The summed E-state index contributed by atoms with van der Waals surface area (Å²) < 4.78 is 30.3. The predicted molar refractivity (Wildman–Crippen MR) is 65.9 cm³/mol. The van der Waals surface area contributed by atoms with Gasteiger partial charge in [0, 0.05) is 10.9 Å². The van der Waals surface area contributed by atoms with Gasteiger partial charge in [0.15, 0.2) is 11.1 Å². The summed E-state index contributed by atoms with van der Waals surface area (Å²) in [5.74, 6) is -0.398. The maximum absolute atomic E-state index is 11.6. The summed E-state index contributed by atoms with van der Waals surface area (Å²) in [6.45, 7) is 3.69. The van der Waals surface area contributed by atoms with E-state index in [4.69, 9.17) is 13.7 Å². The topological polar surface area (TPSA) is 76.7 Å². The molecule has 0 fully saturated rings. The fourth-order valence-corrected chi connectivity index (χ4v) is 2.10. The highest BCUT2D eigenvalue weighted by molar-refractivity contribution is 7.79. The zero-order chi connectivity index (χ0) is 13.3. The number of esters is 1. The zero-order valence-corrected chi connectivity index (χ0v) is 10.7. The molecule has 2 aromatic rings. The molecule has 0 saturated heterocycles.